The van der Waals surface area contributed by atoms with Gasteiger partial charge in [-0.3, -0.25) is 4.68 Å². The molecule has 4 nitrogen and oxygen atoms in total. The van der Waals surface area contributed by atoms with Gasteiger partial charge in [0.1, 0.15) is 12.7 Å². The second kappa shape index (κ2) is 3.90. The highest BCUT2D eigenvalue weighted by atomic mass is 19.4. The maximum Gasteiger partial charge on any atom is 0.397 e. The standard InChI is InChI=1S/C10H13F3N2O2/c1-15-5-2-8(14-15)17-6-7(16)9(3-4-9)10(11,12)13/h2,5,7,16H,3-4,6H2,1H3. The van der Waals surface area contributed by atoms with Crippen molar-refractivity contribution in [3.05, 3.63) is 12.3 Å². The van der Waals surface area contributed by atoms with Gasteiger partial charge in [0, 0.05) is 19.3 Å². The SMILES string of the molecule is Cn1ccc(OCC(O)C2(C(F)(F)F)CC2)n1. The number of hydrogen-bond acceptors (Lipinski definition) is 3. The number of aliphatic hydroxyl groups excluding tert-OH is 1. The van der Waals surface area contributed by atoms with Crippen LogP contribution in [0.25, 0.3) is 0 Å². The third-order valence-corrected chi connectivity index (χ3v) is 3.07. The molecular weight excluding hydrogens is 237 g/mol. The molecule has 0 spiro atoms. The van der Waals surface area contributed by atoms with Gasteiger partial charge >= 0.3 is 6.18 Å². The Balaban J connectivity index is 1.92. The predicted molar refractivity (Wildman–Crippen MR) is 52.4 cm³/mol. The van der Waals surface area contributed by atoms with E-state index >= 15 is 0 Å². The largest absolute Gasteiger partial charge is 0.474 e. The fraction of sp³-hybridized carbons (Fsp3) is 0.700. The molecule has 96 valence electrons. The van der Waals surface area contributed by atoms with E-state index in [-0.39, 0.29) is 18.7 Å². The van der Waals surface area contributed by atoms with Crippen LogP contribution in [0, 0.1) is 5.41 Å². The Morgan fingerprint density at radius 1 is 1.59 bits per heavy atom. The van der Waals surface area contributed by atoms with Gasteiger partial charge in [0.2, 0.25) is 5.88 Å². The molecule has 1 atom stereocenters. The molecule has 0 bridgehead atoms. The summed E-state index contributed by atoms with van der Waals surface area (Å²) in [6, 6.07) is 1.53. The van der Waals surface area contributed by atoms with Crippen LogP contribution in [0.4, 0.5) is 13.2 Å². The van der Waals surface area contributed by atoms with Gasteiger partial charge in [0.15, 0.2) is 0 Å². The zero-order valence-electron chi connectivity index (χ0n) is 9.24. The molecule has 1 aromatic rings. The Kier molecular flexibility index (Phi) is 2.81. The number of ether oxygens (including phenoxy) is 1. The summed E-state index contributed by atoms with van der Waals surface area (Å²) in [5.41, 5.74) is -1.97. The predicted octanol–water partition coefficient (Wildman–Crippen LogP) is 1.50. The first-order valence-corrected chi connectivity index (χ1v) is 5.22. The lowest BCUT2D eigenvalue weighted by Gasteiger charge is -2.24. The van der Waals surface area contributed by atoms with Crippen LogP contribution in [-0.4, -0.2) is 33.8 Å². The minimum atomic E-state index is -4.38. The third kappa shape index (κ3) is 2.24. The minimum absolute atomic E-state index is 0.0384. The van der Waals surface area contributed by atoms with E-state index in [4.69, 9.17) is 4.74 Å². The number of aryl methyl sites for hydroxylation is 1. The first-order valence-electron chi connectivity index (χ1n) is 5.22. The molecular formula is C10H13F3N2O2. The zero-order chi connectivity index (χ0) is 12.7. The summed E-state index contributed by atoms with van der Waals surface area (Å²) in [5, 5.41) is 13.4. The van der Waals surface area contributed by atoms with Gasteiger partial charge in [-0.15, -0.1) is 5.10 Å². The Morgan fingerprint density at radius 3 is 2.65 bits per heavy atom. The second-order valence-corrected chi connectivity index (χ2v) is 4.31. The van der Waals surface area contributed by atoms with Gasteiger partial charge in [-0.1, -0.05) is 0 Å². The number of halogens is 3. The minimum Gasteiger partial charge on any atom is -0.474 e. The van der Waals surface area contributed by atoms with Gasteiger partial charge in [-0.25, -0.2) is 0 Å². The quantitative estimate of drug-likeness (QED) is 0.881. The molecule has 1 saturated carbocycles. The van der Waals surface area contributed by atoms with Gasteiger partial charge < -0.3 is 9.84 Å². The third-order valence-electron chi connectivity index (χ3n) is 3.07. The van der Waals surface area contributed by atoms with Crippen LogP contribution in [0.15, 0.2) is 12.3 Å². The molecule has 0 aliphatic heterocycles. The summed E-state index contributed by atoms with van der Waals surface area (Å²) in [4.78, 5) is 0. The summed E-state index contributed by atoms with van der Waals surface area (Å²) < 4.78 is 44.4. The fourth-order valence-corrected chi connectivity index (χ4v) is 1.73. The lowest BCUT2D eigenvalue weighted by molar-refractivity contribution is -0.217. The number of aromatic nitrogens is 2. The normalized spacial score (nSPS) is 20.1. The number of rotatable bonds is 4. The van der Waals surface area contributed by atoms with Crippen LogP contribution in [0.5, 0.6) is 5.88 Å². The molecule has 1 aromatic heterocycles. The highest BCUT2D eigenvalue weighted by molar-refractivity contribution is 5.08. The summed E-state index contributed by atoms with van der Waals surface area (Å²) in [6.45, 7) is -0.392. The van der Waals surface area contributed by atoms with Crippen molar-refractivity contribution in [2.24, 2.45) is 12.5 Å². The number of aliphatic hydroxyl groups is 1. The number of hydrogen-bond donors (Lipinski definition) is 1. The summed E-state index contributed by atoms with van der Waals surface area (Å²) in [5.74, 6) is 0.213. The summed E-state index contributed by atoms with van der Waals surface area (Å²) >= 11 is 0. The monoisotopic (exact) mass is 250 g/mol. The fourth-order valence-electron chi connectivity index (χ4n) is 1.73. The Morgan fingerprint density at radius 2 is 2.24 bits per heavy atom. The zero-order valence-corrected chi connectivity index (χ0v) is 9.24. The van der Waals surface area contributed by atoms with Crippen LogP contribution in [0.3, 0.4) is 0 Å². The molecule has 0 aromatic carbocycles. The highest BCUT2D eigenvalue weighted by Crippen LogP contribution is 2.59. The molecule has 1 aliphatic carbocycles. The average Bonchev–Trinajstić information content (AvgIpc) is 2.94. The van der Waals surface area contributed by atoms with Crippen molar-refractivity contribution in [3.63, 3.8) is 0 Å². The van der Waals surface area contributed by atoms with E-state index in [1.54, 1.807) is 13.2 Å². The summed E-state index contributed by atoms with van der Waals surface area (Å²) in [7, 11) is 1.67. The van der Waals surface area contributed by atoms with E-state index in [1.165, 1.54) is 10.7 Å². The van der Waals surface area contributed by atoms with Gasteiger partial charge in [-0.05, 0) is 12.8 Å². The van der Waals surface area contributed by atoms with Crippen molar-refractivity contribution in [2.75, 3.05) is 6.61 Å². The first kappa shape index (κ1) is 12.2. The van der Waals surface area contributed by atoms with E-state index in [9.17, 15) is 18.3 Å². The van der Waals surface area contributed by atoms with Crippen molar-refractivity contribution in [3.8, 4) is 5.88 Å². The van der Waals surface area contributed by atoms with Gasteiger partial charge in [-0.2, -0.15) is 13.2 Å². The first-order chi connectivity index (χ1) is 7.85. The maximum atomic E-state index is 12.6. The highest BCUT2D eigenvalue weighted by Gasteiger charge is 2.67. The van der Waals surface area contributed by atoms with Gasteiger partial charge in [0.25, 0.3) is 0 Å². The molecule has 0 radical (unpaired) electrons. The molecule has 17 heavy (non-hydrogen) atoms. The molecule has 2 rings (SSSR count). The van der Waals surface area contributed by atoms with Crippen LogP contribution in [0.1, 0.15) is 12.8 Å². The van der Waals surface area contributed by atoms with Crippen LogP contribution >= 0.6 is 0 Å². The molecule has 1 fully saturated rings. The van der Waals surface area contributed by atoms with E-state index in [0.29, 0.717) is 0 Å². The van der Waals surface area contributed by atoms with Crippen molar-refractivity contribution in [1.82, 2.24) is 9.78 Å². The van der Waals surface area contributed by atoms with Crippen molar-refractivity contribution in [1.29, 1.82) is 0 Å². The topological polar surface area (TPSA) is 47.3 Å². The van der Waals surface area contributed by atoms with Gasteiger partial charge in [0.05, 0.1) is 5.41 Å². The molecule has 1 unspecified atom stereocenters. The van der Waals surface area contributed by atoms with E-state index in [0.717, 1.165) is 0 Å². The molecule has 0 amide bonds. The van der Waals surface area contributed by atoms with Crippen molar-refractivity contribution < 1.29 is 23.0 Å². The Labute approximate surface area is 96.0 Å². The van der Waals surface area contributed by atoms with E-state index in [1.807, 2.05) is 0 Å². The average molecular weight is 250 g/mol. The number of alkyl halides is 3. The second-order valence-electron chi connectivity index (χ2n) is 4.31. The lowest BCUT2D eigenvalue weighted by atomic mass is 9.99. The molecule has 1 heterocycles. The van der Waals surface area contributed by atoms with Crippen LogP contribution < -0.4 is 4.74 Å². The van der Waals surface area contributed by atoms with E-state index < -0.39 is 24.3 Å². The van der Waals surface area contributed by atoms with Crippen molar-refractivity contribution in [2.45, 2.75) is 25.1 Å². The maximum absolute atomic E-state index is 12.6. The smallest absolute Gasteiger partial charge is 0.397 e. The van der Waals surface area contributed by atoms with E-state index in [2.05, 4.69) is 5.10 Å². The molecule has 7 heteroatoms. The molecule has 1 aliphatic rings. The number of nitrogens with zero attached hydrogens (tertiary/aromatic N) is 2. The van der Waals surface area contributed by atoms with Crippen LogP contribution in [-0.2, 0) is 7.05 Å². The van der Waals surface area contributed by atoms with Crippen molar-refractivity contribution >= 4 is 0 Å². The molecule has 0 saturated heterocycles. The molecule has 1 N–H and O–H groups in total. The lowest BCUT2D eigenvalue weighted by Crippen LogP contribution is -2.39. The summed E-state index contributed by atoms with van der Waals surface area (Å²) in [6.07, 6.45) is -4.38. The van der Waals surface area contributed by atoms with Crippen LogP contribution in [0.2, 0.25) is 0 Å². The Bertz CT molecular complexity index is 399. The Hall–Kier alpha value is -1.24.